The number of rotatable bonds is 2. The Hall–Kier alpha value is -3.73. The molecule has 3 N–H and O–H groups in total. The van der Waals surface area contributed by atoms with Crippen molar-refractivity contribution < 1.29 is 24.9 Å². The van der Waals surface area contributed by atoms with Crippen LogP contribution in [0.1, 0.15) is 133 Å². The van der Waals surface area contributed by atoms with Gasteiger partial charge in [-0.25, -0.2) is 0 Å². The Morgan fingerprint density at radius 3 is 1.47 bits per heavy atom. The summed E-state index contributed by atoms with van der Waals surface area (Å²) in [7, 11) is 0. The molecule has 0 aromatic heterocycles. The Morgan fingerprint density at radius 1 is 0.628 bits per heavy atom. The van der Waals surface area contributed by atoms with Gasteiger partial charge in [0.25, 0.3) is 0 Å². The molecule has 1 unspecified atom stereocenters. The van der Waals surface area contributed by atoms with E-state index in [1.807, 2.05) is 71.9 Å². The van der Waals surface area contributed by atoms with Gasteiger partial charge < -0.3 is 20.1 Å². The first-order valence-electron chi connectivity index (χ1n) is 15.0. The van der Waals surface area contributed by atoms with Crippen LogP contribution in [0.25, 0.3) is 6.08 Å². The van der Waals surface area contributed by atoms with Gasteiger partial charge in [0, 0.05) is 22.8 Å². The molecule has 1 aliphatic rings. The Labute approximate surface area is 257 Å². The van der Waals surface area contributed by atoms with Crippen molar-refractivity contribution in [2.45, 2.75) is 111 Å². The molecule has 1 heterocycles. The van der Waals surface area contributed by atoms with E-state index < -0.39 is 6.10 Å². The first-order valence-corrected chi connectivity index (χ1v) is 15.0. The third kappa shape index (κ3) is 6.32. The lowest BCUT2D eigenvalue weighted by Gasteiger charge is -2.33. The number of hydrogen-bond donors (Lipinski definition) is 3. The van der Waals surface area contributed by atoms with Crippen molar-refractivity contribution in [3.63, 3.8) is 0 Å². The highest BCUT2D eigenvalue weighted by Gasteiger charge is 2.36. The number of phenolic OH excluding ortho intramolecular Hbond substituents is 3. The SMILES string of the molecule is CC(C)(C)c1cc(/C=C2\C(=O)c3ccc(O)cc3OC2c2cc(C(C)(C)C)c(O)c(C(C)(C)C)c2)cc(C(C)(C)C)c1O. The van der Waals surface area contributed by atoms with Crippen molar-refractivity contribution in [1.82, 2.24) is 0 Å². The molecular formula is C38H48O5. The molecule has 230 valence electrons. The van der Waals surface area contributed by atoms with E-state index in [1.165, 1.54) is 12.1 Å². The summed E-state index contributed by atoms with van der Waals surface area (Å²) in [6.45, 7) is 24.7. The van der Waals surface area contributed by atoms with Crippen molar-refractivity contribution in [3.05, 3.63) is 87.0 Å². The number of carbonyl (C=O) groups excluding carboxylic acids is 1. The fraction of sp³-hybridized carbons (Fsp3) is 0.447. The smallest absolute Gasteiger partial charge is 0.196 e. The second-order valence-corrected chi connectivity index (χ2v) is 16.0. The molecule has 0 spiro atoms. The lowest BCUT2D eigenvalue weighted by atomic mass is 9.76. The minimum Gasteiger partial charge on any atom is -0.508 e. The number of ether oxygens (including phenoxy) is 1. The standard InChI is InChI=1S/C38H48O5/c1-35(2,3)26-16-21(17-27(32(26)41)36(4,5)6)15-25-31(40)24-14-13-23(39)20-30(24)43-34(25)22-18-28(37(7,8)9)33(42)29(19-22)38(10,11)12/h13-20,34,39,41-42H,1-12H3/b25-15+. The van der Waals surface area contributed by atoms with E-state index in [9.17, 15) is 20.1 Å². The maximum atomic E-state index is 14.2. The summed E-state index contributed by atoms with van der Waals surface area (Å²) in [5.41, 5.74) is 4.04. The number of fused-ring (bicyclic) bond motifs is 1. The van der Waals surface area contributed by atoms with Gasteiger partial charge in [0.1, 0.15) is 23.0 Å². The summed E-state index contributed by atoms with van der Waals surface area (Å²) < 4.78 is 6.57. The molecule has 5 nitrogen and oxygen atoms in total. The molecule has 1 atom stereocenters. The van der Waals surface area contributed by atoms with Gasteiger partial charge in [-0.1, -0.05) is 83.1 Å². The lowest BCUT2D eigenvalue weighted by molar-refractivity contribution is 0.0963. The molecule has 0 bridgehead atoms. The van der Waals surface area contributed by atoms with Crippen molar-refractivity contribution in [2.75, 3.05) is 0 Å². The average molecular weight is 585 g/mol. The Kier molecular flexibility index (Phi) is 7.83. The van der Waals surface area contributed by atoms with Gasteiger partial charge in [-0.05, 0) is 86.4 Å². The number of ketones is 1. The van der Waals surface area contributed by atoms with Crippen LogP contribution in [0.3, 0.4) is 0 Å². The Balaban J connectivity index is 2.07. The van der Waals surface area contributed by atoms with Gasteiger partial charge in [0.15, 0.2) is 11.9 Å². The molecule has 0 aliphatic carbocycles. The molecule has 0 radical (unpaired) electrons. The third-order valence-electron chi connectivity index (χ3n) is 8.12. The largest absolute Gasteiger partial charge is 0.508 e. The van der Waals surface area contributed by atoms with Gasteiger partial charge in [0.2, 0.25) is 0 Å². The summed E-state index contributed by atoms with van der Waals surface area (Å²) in [5.74, 6) is 0.645. The van der Waals surface area contributed by atoms with Crippen molar-refractivity contribution >= 4 is 11.9 Å². The molecule has 43 heavy (non-hydrogen) atoms. The van der Waals surface area contributed by atoms with Crippen LogP contribution in [-0.4, -0.2) is 21.1 Å². The summed E-state index contributed by atoms with van der Waals surface area (Å²) in [6.07, 6.45) is 1.07. The van der Waals surface area contributed by atoms with Gasteiger partial charge in [-0.3, -0.25) is 4.79 Å². The number of phenols is 3. The van der Waals surface area contributed by atoms with E-state index in [0.717, 1.165) is 33.4 Å². The predicted molar refractivity (Wildman–Crippen MR) is 175 cm³/mol. The lowest BCUT2D eigenvalue weighted by Crippen LogP contribution is -2.25. The molecule has 3 aromatic carbocycles. The van der Waals surface area contributed by atoms with Gasteiger partial charge in [-0.15, -0.1) is 0 Å². The van der Waals surface area contributed by atoms with Crippen molar-refractivity contribution in [2.24, 2.45) is 0 Å². The molecule has 0 saturated heterocycles. The fourth-order valence-corrected chi connectivity index (χ4v) is 5.66. The molecular weight excluding hydrogens is 536 g/mol. The second kappa shape index (κ2) is 10.5. The van der Waals surface area contributed by atoms with Crippen LogP contribution in [0, 0.1) is 0 Å². The molecule has 5 heteroatoms. The third-order valence-corrected chi connectivity index (χ3v) is 8.12. The van der Waals surface area contributed by atoms with Crippen LogP contribution in [0.4, 0.5) is 0 Å². The summed E-state index contributed by atoms with van der Waals surface area (Å²) in [6, 6.07) is 12.3. The topological polar surface area (TPSA) is 87.0 Å². The Morgan fingerprint density at radius 2 is 1.05 bits per heavy atom. The number of benzene rings is 3. The molecule has 3 aromatic rings. The number of hydrogen-bond acceptors (Lipinski definition) is 5. The minimum atomic E-state index is -0.797. The zero-order chi connectivity index (χ0) is 32.4. The van der Waals surface area contributed by atoms with E-state index in [4.69, 9.17) is 4.74 Å². The first-order chi connectivity index (χ1) is 19.5. The van der Waals surface area contributed by atoms with Crippen LogP contribution in [0.15, 0.2) is 48.0 Å². The van der Waals surface area contributed by atoms with Crippen molar-refractivity contribution in [1.29, 1.82) is 0 Å². The van der Waals surface area contributed by atoms with Crippen LogP contribution in [0.5, 0.6) is 23.0 Å². The van der Waals surface area contributed by atoms with Crippen LogP contribution >= 0.6 is 0 Å². The van der Waals surface area contributed by atoms with Gasteiger partial charge in [-0.2, -0.15) is 0 Å². The molecule has 4 rings (SSSR count). The van der Waals surface area contributed by atoms with E-state index in [1.54, 1.807) is 6.07 Å². The van der Waals surface area contributed by atoms with E-state index in [2.05, 4.69) is 41.5 Å². The zero-order valence-corrected chi connectivity index (χ0v) is 27.9. The highest BCUT2D eigenvalue weighted by molar-refractivity contribution is 6.14. The summed E-state index contributed by atoms with van der Waals surface area (Å²) in [4.78, 5) is 14.2. The predicted octanol–water partition coefficient (Wildman–Crippen LogP) is 9.39. The van der Waals surface area contributed by atoms with Crippen LogP contribution < -0.4 is 4.74 Å². The maximum Gasteiger partial charge on any atom is 0.196 e. The fourth-order valence-electron chi connectivity index (χ4n) is 5.66. The van der Waals surface area contributed by atoms with Crippen LogP contribution in [-0.2, 0) is 21.7 Å². The van der Waals surface area contributed by atoms with E-state index in [0.29, 0.717) is 16.9 Å². The average Bonchev–Trinajstić information content (AvgIpc) is 2.83. The number of carbonyl (C=O) groups is 1. The molecule has 0 saturated carbocycles. The monoisotopic (exact) mass is 584 g/mol. The number of Topliss-reactive ketones (excluding diaryl/α,β-unsaturated/α-hetero) is 1. The molecule has 0 amide bonds. The second-order valence-electron chi connectivity index (χ2n) is 16.0. The van der Waals surface area contributed by atoms with Gasteiger partial charge in [0.05, 0.1) is 5.56 Å². The maximum absolute atomic E-state index is 14.2. The van der Waals surface area contributed by atoms with Crippen LogP contribution in [0.2, 0.25) is 0 Å². The summed E-state index contributed by atoms with van der Waals surface area (Å²) in [5, 5.41) is 32.9. The van der Waals surface area contributed by atoms with E-state index in [-0.39, 0.29) is 44.7 Å². The highest BCUT2D eigenvalue weighted by Crippen LogP contribution is 2.47. The zero-order valence-electron chi connectivity index (χ0n) is 27.9. The molecule has 0 fully saturated rings. The minimum absolute atomic E-state index is 0.0115. The quantitative estimate of drug-likeness (QED) is 0.261. The normalized spacial score (nSPS) is 17.2. The molecule has 1 aliphatic heterocycles. The first kappa shape index (κ1) is 32.2. The van der Waals surface area contributed by atoms with Crippen molar-refractivity contribution in [3.8, 4) is 23.0 Å². The van der Waals surface area contributed by atoms with E-state index >= 15 is 0 Å². The summed E-state index contributed by atoms with van der Waals surface area (Å²) >= 11 is 0. The highest BCUT2D eigenvalue weighted by atomic mass is 16.5. The Bertz CT molecular complexity index is 1540. The van der Waals surface area contributed by atoms with Gasteiger partial charge >= 0.3 is 0 Å². The number of aromatic hydroxyl groups is 3.